The topological polar surface area (TPSA) is 26.0 Å². The van der Waals surface area contributed by atoms with Crippen molar-refractivity contribution in [2.75, 3.05) is 0 Å². The molecule has 2 heterocycles. The molecular formula is C20H15NO. The first-order chi connectivity index (χ1) is 10.8. The maximum absolute atomic E-state index is 5.52. The number of hydrogen-bond acceptors (Lipinski definition) is 2. The van der Waals surface area contributed by atoms with Gasteiger partial charge in [-0.25, -0.2) is 0 Å². The summed E-state index contributed by atoms with van der Waals surface area (Å²) < 4.78 is 5.52. The summed E-state index contributed by atoms with van der Waals surface area (Å²) in [4.78, 5) is 4.42. The molecule has 0 saturated carbocycles. The van der Waals surface area contributed by atoms with Crippen molar-refractivity contribution in [2.24, 2.45) is 0 Å². The summed E-state index contributed by atoms with van der Waals surface area (Å²) in [5, 5.41) is 1.17. The van der Waals surface area contributed by atoms with Crippen LogP contribution in [0.25, 0.3) is 33.4 Å². The average Bonchev–Trinajstić information content (AvgIpc) is 2.96. The van der Waals surface area contributed by atoms with Crippen LogP contribution in [-0.4, -0.2) is 4.98 Å². The van der Waals surface area contributed by atoms with E-state index < -0.39 is 0 Å². The van der Waals surface area contributed by atoms with Crippen LogP contribution >= 0.6 is 0 Å². The highest BCUT2D eigenvalue weighted by Gasteiger charge is 2.06. The van der Waals surface area contributed by atoms with Gasteiger partial charge in [0.25, 0.3) is 0 Å². The molecule has 0 aliphatic heterocycles. The Labute approximate surface area is 129 Å². The number of nitrogens with zero attached hydrogens (tertiary/aromatic N) is 1. The zero-order valence-corrected chi connectivity index (χ0v) is 12.3. The molecule has 0 aliphatic rings. The zero-order valence-electron chi connectivity index (χ0n) is 12.3. The van der Waals surface area contributed by atoms with Gasteiger partial charge >= 0.3 is 0 Å². The number of pyridine rings is 1. The van der Waals surface area contributed by atoms with Gasteiger partial charge < -0.3 is 4.42 Å². The van der Waals surface area contributed by atoms with Crippen molar-refractivity contribution in [1.82, 2.24) is 4.98 Å². The summed E-state index contributed by atoms with van der Waals surface area (Å²) in [6.45, 7) is 2.07. The standard InChI is InChI=1S/C20H15NO/c1-14-13-22-20-9-8-16(12-18(14)20)15-5-4-6-17(11-15)19-7-2-3-10-21-19/h2-13H,1H3. The molecule has 22 heavy (non-hydrogen) atoms. The van der Waals surface area contributed by atoms with Crippen molar-refractivity contribution in [3.63, 3.8) is 0 Å². The average molecular weight is 285 g/mol. The fourth-order valence-electron chi connectivity index (χ4n) is 2.73. The van der Waals surface area contributed by atoms with Gasteiger partial charge in [0.2, 0.25) is 0 Å². The second-order valence-electron chi connectivity index (χ2n) is 5.43. The van der Waals surface area contributed by atoms with E-state index in [0.29, 0.717) is 0 Å². The van der Waals surface area contributed by atoms with Crippen molar-refractivity contribution >= 4 is 11.0 Å². The maximum Gasteiger partial charge on any atom is 0.134 e. The summed E-state index contributed by atoms with van der Waals surface area (Å²) in [7, 11) is 0. The van der Waals surface area contributed by atoms with Crippen molar-refractivity contribution in [3.8, 4) is 22.4 Å². The van der Waals surface area contributed by atoms with Crippen LogP contribution in [0.15, 0.2) is 77.5 Å². The van der Waals surface area contributed by atoms with Crippen LogP contribution < -0.4 is 0 Å². The second-order valence-corrected chi connectivity index (χ2v) is 5.43. The Morgan fingerprint density at radius 2 is 1.68 bits per heavy atom. The molecule has 2 aromatic heterocycles. The van der Waals surface area contributed by atoms with Crippen molar-refractivity contribution in [3.05, 3.63) is 78.7 Å². The van der Waals surface area contributed by atoms with Gasteiger partial charge in [-0.15, -0.1) is 0 Å². The lowest BCUT2D eigenvalue weighted by molar-refractivity contribution is 0.613. The van der Waals surface area contributed by atoms with Gasteiger partial charge in [-0.05, 0) is 53.9 Å². The number of rotatable bonds is 2. The Morgan fingerprint density at radius 1 is 0.818 bits per heavy atom. The summed E-state index contributed by atoms with van der Waals surface area (Å²) >= 11 is 0. The molecule has 0 aliphatic carbocycles. The number of hydrogen-bond donors (Lipinski definition) is 0. The summed E-state index contributed by atoms with van der Waals surface area (Å²) in [6, 6.07) is 20.8. The number of furan rings is 1. The molecule has 0 fully saturated rings. The molecule has 0 unspecified atom stereocenters. The third-order valence-electron chi connectivity index (χ3n) is 3.92. The summed E-state index contributed by atoms with van der Waals surface area (Å²) in [6.07, 6.45) is 3.63. The molecule has 4 aromatic rings. The van der Waals surface area contributed by atoms with Gasteiger partial charge in [0, 0.05) is 17.1 Å². The molecule has 0 saturated heterocycles. The first-order valence-electron chi connectivity index (χ1n) is 7.31. The highest BCUT2D eigenvalue weighted by molar-refractivity contribution is 5.86. The van der Waals surface area contributed by atoms with Crippen molar-refractivity contribution < 1.29 is 4.42 Å². The molecule has 2 aromatic carbocycles. The predicted molar refractivity (Wildman–Crippen MR) is 89.6 cm³/mol. The van der Waals surface area contributed by atoms with Gasteiger partial charge in [-0.3, -0.25) is 4.98 Å². The largest absolute Gasteiger partial charge is 0.464 e. The Balaban J connectivity index is 1.83. The Bertz CT molecular complexity index is 938. The van der Waals surface area contributed by atoms with Crippen LogP contribution in [0.3, 0.4) is 0 Å². The Hall–Kier alpha value is -2.87. The molecule has 0 N–H and O–H groups in total. The normalized spacial score (nSPS) is 11.0. The second kappa shape index (κ2) is 5.15. The number of aromatic nitrogens is 1. The van der Waals surface area contributed by atoms with Gasteiger partial charge in [0.15, 0.2) is 0 Å². The van der Waals surface area contributed by atoms with Gasteiger partial charge in [0.05, 0.1) is 12.0 Å². The van der Waals surface area contributed by atoms with E-state index in [1.165, 1.54) is 16.5 Å². The molecule has 0 spiro atoms. The summed E-state index contributed by atoms with van der Waals surface area (Å²) in [5.74, 6) is 0. The Morgan fingerprint density at radius 3 is 2.55 bits per heavy atom. The smallest absolute Gasteiger partial charge is 0.134 e. The molecular weight excluding hydrogens is 270 g/mol. The van der Waals surface area contributed by atoms with Crippen LogP contribution in [0.4, 0.5) is 0 Å². The number of aryl methyl sites for hydroxylation is 1. The van der Waals surface area contributed by atoms with Gasteiger partial charge in [-0.1, -0.05) is 30.3 Å². The van der Waals surface area contributed by atoms with E-state index in [-0.39, 0.29) is 0 Å². The summed E-state index contributed by atoms with van der Waals surface area (Å²) in [5.41, 5.74) is 6.59. The van der Waals surface area contributed by atoms with E-state index in [4.69, 9.17) is 4.42 Å². The van der Waals surface area contributed by atoms with Crippen molar-refractivity contribution in [2.45, 2.75) is 6.92 Å². The van der Waals surface area contributed by atoms with Gasteiger partial charge in [0.1, 0.15) is 5.58 Å². The molecule has 0 radical (unpaired) electrons. The predicted octanol–water partition coefficient (Wildman–Crippen LogP) is 5.47. The van der Waals surface area contributed by atoms with Crippen LogP contribution in [0.1, 0.15) is 5.56 Å². The van der Waals surface area contributed by atoms with Crippen LogP contribution in [0.5, 0.6) is 0 Å². The quantitative estimate of drug-likeness (QED) is 0.488. The number of fused-ring (bicyclic) bond motifs is 1. The van der Waals surface area contributed by atoms with E-state index in [1.54, 1.807) is 6.26 Å². The van der Waals surface area contributed by atoms with E-state index in [9.17, 15) is 0 Å². The Kier molecular flexibility index (Phi) is 3.01. The lowest BCUT2D eigenvalue weighted by Crippen LogP contribution is -1.84. The molecule has 0 atom stereocenters. The molecule has 0 amide bonds. The molecule has 2 heteroatoms. The SMILES string of the molecule is Cc1coc2ccc(-c3cccc(-c4ccccn4)c3)cc12. The fourth-order valence-corrected chi connectivity index (χ4v) is 2.73. The lowest BCUT2D eigenvalue weighted by atomic mass is 10.00. The zero-order chi connectivity index (χ0) is 14.9. The van der Waals surface area contributed by atoms with Crippen LogP contribution in [0, 0.1) is 6.92 Å². The van der Waals surface area contributed by atoms with Crippen molar-refractivity contribution in [1.29, 1.82) is 0 Å². The number of benzene rings is 2. The minimum absolute atomic E-state index is 0.933. The third-order valence-corrected chi connectivity index (χ3v) is 3.92. The highest BCUT2D eigenvalue weighted by Crippen LogP contribution is 2.29. The minimum Gasteiger partial charge on any atom is -0.464 e. The molecule has 106 valence electrons. The third kappa shape index (κ3) is 2.19. The molecule has 0 bridgehead atoms. The van der Waals surface area contributed by atoms with Crippen LogP contribution in [-0.2, 0) is 0 Å². The molecule has 2 nitrogen and oxygen atoms in total. The minimum atomic E-state index is 0.933. The lowest BCUT2D eigenvalue weighted by Gasteiger charge is -2.06. The van der Waals surface area contributed by atoms with E-state index in [1.807, 2.05) is 30.5 Å². The first kappa shape index (κ1) is 12.8. The first-order valence-corrected chi connectivity index (χ1v) is 7.31. The molecule has 4 rings (SSSR count). The monoisotopic (exact) mass is 285 g/mol. The van der Waals surface area contributed by atoms with E-state index >= 15 is 0 Å². The maximum atomic E-state index is 5.52. The fraction of sp³-hybridized carbons (Fsp3) is 0.0500. The highest BCUT2D eigenvalue weighted by atomic mass is 16.3. The van der Waals surface area contributed by atoms with E-state index in [2.05, 4.69) is 48.3 Å². The van der Waals surface area contributed by atoms with Gasteiger partial charge in [-0.2, -0.15) is 0 Å². The van der Waals surface area contributed by atoms with E-state index in [0.717, 1.165) is 22.4 Å². The van der Waals surface area contributed by atoms with Crippen LogP contribution in [0.2, 0.25) is 0 Å².